The van der Waals surface area contributed by atoms with E-state index in [9.17, 15) is 9.90 Å². The number of nitrogens with one attached hydrogen (secondary N) is 1. The van der Waals surface area contributed by atoms with Crippen LogP contribution < -0.4 is 5.32 Å². The molecule has 114 valence electrons. The van der Waals surface area contributed by atoms with E-state index in [1.54, 1.807) is 0 Å². The summed E-state index contributed by atoms with van der Waals surface area (Å²) in [5.41, 5.74) is 3.28. The molecule has 0 fully saturated rings. The third-order valence-electron chi connectivity index (χ3n) is 3.85. The highest BCUT2D eigenvalue weighted by Crippen LogP contribution is 2.23. The van der Waals surface area contributed by atoms with Gasteiger partial charge in [0.15, 0.2) is 0 Å². The lowest BCUT2D eigenvalue weighted by molar-refractivity contribution is -0.139. The van der Waals surface area contributed by atoms with Gasteiger partial charge in [0.05, 0.1) is 6.54 Å². The topological polar surface area (TPSA) is 62.5 Å². The monoisotopic (exact) mass is 289 g/mol. The molecular weight excluding hydrogens is 266 g/mol. The Bertz CT molecular complexity index is 591. The lowest BCUT2D eigenvalue weighted by Gasteiger charge is -2.12. The van der Waals surface area contributed by atoms with Crippen LogP contribution in [-0.2, 0) is 11.3 Å². The predicted molar refractivity (Wildman–Crippen MR) is 83.5 cm³/mol. The normalized spacial score (nSPS) is 12.7. The highest BCUT2D eigenvalue weighted by atomic mass is 16.4. The molecule has 21 heavy (non-hydrogen) atoms. The fourth-order valence-corrected chi connectivity index (χ4v) is 2.39. The Hall–Kier alpha value is -1.81. The first-order valence-electron chi connectivity index (χ1n) is 7.47. The standard InChI is InChI=1S/C17H23NO3/c1-4-5-6-15(17(19)20)18-10-14-9-13-7-11(2)12(3)8-16(13)21-14/h7-9,15,18H,4-6,10H2,1-3H3,(H,19,20)/t15-/m0/s1. The minimum Gasteiger partial charge on any atom is -0.480 e. The first-order valence-corrected chi connectivity index (χ1v) is 7.47. The Morgan fingerprint density at radius 2 is 2.00 bits per heavy atom. The summed E-state index contributed by atoms with van der Waals surface area (Å²) in [7, 11) is 0. The maximum absolute atomic E-state index is 11.2. The van der Waals surface area contributed by atoms with Crippen molar-refractivity contribution in [3.05, 3.63) is 35.1 Å². The van der Waals surface area contributed by atoms with E-state index in [-0.39, 0.29) is 0 Å². The van der Waals surface area contributed by atoms with Gasteiger partial charge < -0.3 is 9.52 Å². The maximum atomic E-state index is 11.2. The maximum Gasteiger partial charge on any atom is 0.320 e. The van der Waals surface area contributed by atoms with E-state index < -0.39 is 12.0 Å². The summed E-state index contributed by atoms with van der Waals surface area (Å²) in [6.45, 7) is 6.63. The molecular formula is C17H23NO3. The number of carboxylic acids is 1. The van der Waals surface area contributed by atoms with E-state index in [0.29, 0.717) is 13.0 Å². The Labute approximate surface area is 125 Å². The summed E-state index contributed by atoms with van der Waals surface area (Å²) >= 11 is 0. The zero-order valence-corrected chi connectivity index (χ0v) is 12.9. The van der Waals surface area contributed by atoms with Crippen molar-refractivity contribution in [2.45, 2.75) is 52.6 Å². The van der Waals surface area contributed by atoms with Crippen LogP contribution in [0.15, 0.2) is 22.6 Å². The van der Waals surface area contributed by atoms with Gasteiger partial charge in [0, 0.05) is 5.39 Å². The summed E-state index contributed by atoms with van der Waals surface area (Å²) in [6.07, 6.45) is 2.54. The molecule has 0 radical (unpaired) electrons. The molecule has 0 spiro atoms. The fourth-order valence-electron chi connectivity index (χ4n) is 2.39. The first-order chi connectivity index (χ1) is 10.0. The average molecular weight is 289 g/mol. The van der Waals surface area contributed by atoms with E-state index >= 15 is 0 Å². The van der Waals surface area contributed by atoms with E-state index in [1.807, 2.05) is 12.1 Å². The third-order valence-corrected chi connectivity index (χ3v) is 3.85. The van der Waals surface area contributed by atoms with Gasteiger partial charge in [-0.1, -0.05) is 19.8 Å². The smallest absolute Gasteiger partial charge is 0.320 e. The molecule has 0 saturated heterocycles. The van der Waals surface area contributed by atoms with Gasteiger partial charge in [0.1, 0.15) is 17.4 Å². The zero-order valence-electron chi connectivity index (χ0n) is 12.9. The number of aliphatic carboxylic acids is 1. The molecule has 0 amide bonds. The second-order valence-electron chi connectivity index (χ2n) is 5.60. The van der Waals surface area contributed by atoms with Crippen molar-refractivity contribution >= 4 is 16.9 Å². The number of hydrogen-bond acceptors (Lipinski definition) is 3. The molecule has 2 N–H and O–H groups in total. The molecule has 0 saturated carbocycles. The van der Waals surface area contributed by atoms with Gasteiger partial charge in [-0.3, -0.25) is 10.1 Å². The fraction of sp³-hybridized carbons (Fsp3) is 0.471. The summed E-state index contributed by atoms with van der Waals surface area (Å²) in [5, 5.41) is 13.3. The number of furan rings is 1. The van der Waals surface area contributed by atoms with E-state index in [2.05, 4.69) is 32.2 Å². The van der Waals surface area contributed by atoms with Crippen LogP contribution in [0.5, 0.6) is 0 Å². The predicted octanol–water partition coefficient (Wildman–Crippen LogP) is 3.78. The first kappa shape index (κ1) is 15.6. The lowest BCUT2D eigenvalue weighted by Crippen LogP contribution is -2.36. The second kappa shape index (κ2) is 6.76. The number of hydrogen-bond donors (Lipinski definition) is 2. The minimum atomic E-state index is -0.800. The van der Waals surface area contributed by atoms with Crippen molar-refractivity contribution in [2.75, 3.05) is 0 Å². The van der Waals surface area contributed by atoms with Crippen LogP contribution in [0.25, 0.3) is 11.0 Å². The Morgan fingerprint density at radius 3 is 2.67 bits per heavy atom. The molecule has 0 aliphatic heterocycles. The number of carboxylic acid groups (broad SMARTS) is 1. The molecule has 4 heteroatoms. The van der Waals surface area contributed by atoms with E-state index in [1.165, 1.54) is 11.1 Å². The summed E-state index contributed by atoms with van der Waals surface area (Å²) in [5.74, 6) is -0.0241. The van der Waals surface area contributed by atoms with Gasteiger partial charge in [-0.2, -0.15) is 0 Å². The molecule has 1 aromatic heterocycles. The molecule has 0 unspecified atom stereocenters. The van der Waals surface area contributed by atoms with Crippen LogP contribution in [0.3, 0.4) is 0 Å². The van der Waals surface area contributed by atoms with Crippen LogP contribution >= 0.6 is 0 Å². The van der Waals surface area contributed by atoms with Crippen LogP contribution in [0, 0.1) is 13.8 Å². The Kier molecular flexibility index (Phi) is 5.02. The van der Waals surface area contributed by atoms with Crippen LogP contribution in [0.4, 0.5) is 0 Å². The number of unbranched alkanes of at least 4 members (excludes halogenated alkanes) is 1. The minimum absolute atomic E-state index is 0.438. The molecule has 2 rings (SSSR count). The van der Waals surface area contributed by atoms with Gasteiger partial charge in [0.25, 0.3) is 0 Å². The summed E-state index contributed by atoms with van der Waals surface area (Å²) < 4.78 is 5.78. The molecule has 0 aliphatic carbocycles. The third kappa shape index (κ3) is 3.85. The zero-order chi connectivity index (χ0) is 15.4. The number of benzene rings is 1. The van der Waals surface area contributed by atoms with Crippen molar-refractivity contribution in [1.29, 1.82) is 0 Å². The SMILES string of the molecule is CCCC[C@H](NCc1cc2cc(C)c(C)cc2o1)C(=O)O. The molecule has 0 bridgehead atoms. The Balaban J connectivity index is 2.07. The largest absolute Gasteiger partial charge is 0.480 e. The van der Waals surface area contributed by atoms with Gasteiger partial charge in [-0.15, -0.1) is 0 Å². The van der Waals surface area contributed by atoms with Crippen LogP contribution in [0.1, 0.15) is 43.1 Å². The van der Waals surface area contributed by atoms with Crippen LogP contribution in [0.2, 0.25) is 0 Å². The highest BCUT2D eigenvalue weighted by Gasteiger charge is 2.16. The molecule has 4 nitrogen and oxygen atoms in total. The van der Waals surface area contributed by atoms with E-state index in [4.69, 9.17) is 4.42 Å². The average Bonchev–Trinajstić information content (AvgIpc) is 2.80. The number of aryl methyl sites for hydroxylation is 2. The van der Waals surface area contributed by atoms with Gasteiger partial charge in [0.2, 0.25) is 0 Å². The molecule has 1 aromatic carbocycles. The molecule has 1 heterocycles. The number of carbonyl (C=O) groups is 1. The van der Waals surface area contributed by atoms with Gasteiger partial charge >= 0.3 is 5.97 Å². The molecule has 1 atom stereocenters. The molecule has 2 aromatic rings. The Morgan fingerprint density at radius 1 is 1.29 bits per heavy atom. The van der Waals surface area contributed by atoms with Gasteiger partial charge in [-0.25, -0.2) is 0 Å². The van der Waals surface area contributed by atoms with Crippen molar-refractivity contribution in [3.8, 4) is 0 Å². The quantitative estimate of drug-likeness (QED) is 0.814. The number of fused-ring (bicyclic) bond motifs is 1. The highest BCUT2D eigenvalue weighted by molar-refractivity contribution is 5.79. The van der Waals surface area contributed by atoms with Crippen molar-refractivity contribution in [1.82, 2.24) is 5.32 Å². The summed E-state index contributed by atoms with van der Waals surface area (Å²) in [4.78, 5) is 11.2. The van der Waals surface area contributed by atoms with Crippen molar-refractivity contribution in [2.24, 2.45) is 0 Å². The number of rotatable bonds is 7. The van der Waals surface area contributed by atoms with Gasteiger partial charge in [-0.05, 0) is 49.6 Å². The summed E-state index contributed by atoms with van der Waals surface area (Å²) in [6, 6.07) is 5.60. The van der Waals surface area contributed by atoms with Crippen molar-refractivity contribution in [3.63, 3.8) is 0 Å². The van der Waals surface area contributed by atoms with E-state index in [0.717, 1.165) is 29.6 Å². The van der Waals surface area contributed by atoms with Crippen molar-refractivity contribution < 1.29 is 14.3 Å². The second-order valence-corrected chi connectivity index (χ2v) is 5.60. The molecule has 0 aliphatic rings. The lowest BCUT2D eigenvalue weighted by atomic mass is 10.1. The van der Waals surface area contributed by atoms with Crippen LogP contribution in [-0.4, -0.2) is 17.1 Å².